The number of aromatic nitrogens is 4. The molecule has 2 fully saturated rings. The van der Waals surface area contributed by atoms with Gasteiger partial charge in [-0.1, -0.05) is 0 Å². The summed E-state index contributed by atoms with van der Waals surface area (Å²) < 4.78 is 81.8. The zero-order valence-corrected chi connectivity index (χ0v) is 18.9. The number of anilines is 1. The maximum atomic E-state index is 15.7. The van der Waals surface area contributed by atoms with Crippen molar-refractivity contribution in [1.29, 1.82) is 0 Å². The molecule has 2 aromatic rings. The summed E-state index contributed by atoms with van der Waals surface area (Å²) in [6, 6.07) is 0. The molecule has 3 heterocycles. The number of ether oxygens (including phenoxy) is 1. The summed E-state index contributed by atoms with van der Waals surface area (Å²) in [5.74, 6) is -3.97. The Bertz CT molecular complexity index is 1390. The van der Waals surface area contributed by atoms with Crippen molar-refractivity contribution in [2.75, 3.05) is 5.73 Å². The first-order valence-electron chi connectivity index (χ1n) is 8.57. The number of imidazole rings is 1. The monoisotopic (exact) mass is 555 g/mol. The predicted octanol–water partition coefficient (Wildman–Crippen LogP) is -0.919. The molecule has 2 aromatic heterocycles. The molecule has 3 unspecified atom stereocenters. The number of aromatic amines is 1. The summed E-state index contributed by atoms with van der Waals surface area (Å²) in [5, 5.41) is 10.6. The smallest absolute Gasteiger partial charge is 0.378 e. The summed E-state index contributed by atoms with van der Waals surface area (Å²) in [4.78, 5) is 57.2. The number of phosphoric acid groups is 3. The second-order valence-electron chi connectivity index (χ2n) is 7.31. The predicted molar refractivity (Wildman–Crippen MR) is 99.7 cm³/mol. The van der Waals surface area contributed by atoms with E-state index in [1.807, 2.05) is 0 Å². The topological polar surface area (TPSA) is 279 Å². The Labute approximate surface area is 184 Å². The average Bonchev–Trinajstić information content (AvgIpc) is 2.89. The fourth-order valence-corrected chi connectivity index (χ4v) is 6.79. The largest absolute Gasteiger partial charge is 0.490 e. The summed E-state index contributed by atoms with van der Waals surface area (Å²) in [5.41, 5.74) is -2.66. The Balaban J connectivity index is 1.61. The molecule has 1 aliphatic heterocycles. The van der Waals surface area contributed by atoms with E-state index in [4.69, 9.17) is 25.2 Å². The molecule has 0 spiro atoms. The van der Waals surface area contributed by atoms with Crippen LogP contribution in [0.5, 0.6) is 0 Å². The van der Waals surface area contributed by atoms with Gasteiger partial charge in [-0.15, -0.1) is 0 Å². The normalized spacial score (nSPS) is 36.7. The first-order valence-corrected chi connectivity index (χ1v) is 13.1. The van der Waals surface area contributed by atoms with E-state index < -0.39 is 64.4 Å². The molecule has 23 heteroatoms. The third-order valence-electron chi connectivity index (χ3n) is 5.00. The van der Waals surface area contributed by atoms with Crippen LogP contribution < -0.4 is 11.3 Å². The summed E-state index contributed by atoms with van der Waals surface area (Å²) in [6.07, 6.45) is -3.90. The third kappa shape index (κ3) is 3.76. The molecule has 0 amide bonds. The van der Waals surface area contributed by atoms with Crippen molar-refractivity contribution in [1.82, 2.24) is 19.5 Å². The SMILES string of the molecule is C[C@]1(F)[C@H](n2cnc3c(=O)[nH]c(N)nc32)O[C@]2(F)C(OP(=O)(O)OP(=O)(O)OP(=O)(O)O)[C@]12O. The Morgan fingerprint density at radius 2 is 1.82 bits per heavy atom. The van der Waals surface area contributed by atoms with Crippen molar-refractivity contribution in [3.8, 4) is 0 Å². The van der Waals surface area contributed by atoms with E-state index in [-0.39, 0.29) is 11.2 Å². The lowest BCUT2D eigenvalue weighted by atomic mass is 9.97. The zero-order valence-electron chi connectivity index (χ0n) is 16.3. The molecular weight excluding hydrogens is 541 g/mol. The molecular formula is C11H14F2N5O13P3. The number of nitrogen functional groups attached to an aromatic ring is 1. The van der Waals surface area contributed by atoms with E-state index >= 15 is 8.78 Å². The van der Waals surface area contributed by atoms with Crippen molar-refractivity contribution in [3.05, 3.63) is 16.7 Å². The van der Waals surface area contributed by atoms with Gasteiger partial charge < -0.3 is 35.2 Å². The molecule has 7 atom stereocenters. The van der Waals surface area contributed by atoms with Gasteiger partial charge in [0.05, 0.1) is 6.33 Å². The number of hydrogen-bond donors (Lipinski definition) is 7. The van der Waals surface area contributed by atoms with Gasteiger partial charge in [0.25, 0.3) is 11.4 Å². The van der Waals surface area contributed by atoms with Gasteiger partial charge >= 0.3 is 23.5 Å². The fraction of sp³-hybridized carbons (Fsp3) is 0.545. The number of nitrogens with one attached hydrogen (secondary N) is 1. The Kier molecular flexibility index (Phi) is 5.38. The second kappa shape index (κ2) is 7.19. The minimum Gasteiger partial charge on any atom is -0.378 e. The van der Waals surface area contributed by atoms with Crippen LogP contribution in [0.2, 0.25) is 0 Å². The summed E-state index contributed by atoms with van der Waals surface area (Å²) in [7, 11) is -17.6. The number of rotatable bonds is 7. The van der Waals surface area contributed by atoms with Crippen molar-refractivity contribution in [2.24, 2.45) is 0 Å². The maximum absolute atomic E-state index is 15.7. The number of fused-ring (bicyclic) bond motifs is 2. The first kappa shape index (κ1) is 25.4. The van der Waals surface area contributed by atoms with Crippen LogP contribution in [0.3, 0.4) is 0 Å². The van der Waals surface area contributed by atoms with E-state index in [9.17, 15) is 28.5 Å². The van der Waals surface area contributed by atoms with Crippen LogP contribution in [0.1, 0.15) is 13.2 Å². The van der Waals surface area contributed by atoms with Gasteiger partial charge in [0.2, 0.25) is 5.95 Å². The minimum absolute atomic E-state index is 0.348. The lowest BCUT2D eigenvalue weighted by Gasteiger charge is -2.30. The first-order chi connectivity index (χ1) is 15.2. The molecule has 34 heavy (non-hydrogen) atoms. The number of halogens is 2. The Morgan fingerprint density at radius 3 is 2.35 bits per heavy atom. The Hall–Kier alpha value is -1.66. The standard InChI is InChI=1S/C11H14F2N5O13P3/c1-9(12)7(18-2-15-3-4(18)16-8(14)17-5(3)19)28-11(13)6(10(9,11)20)29-33(24,25)31-34(26,27)30-32(21,22)23/h2,6-7,20H,1H3,(H,24,25)(H,26,27)(H2,21,22,23)(H3,14,16,17,19)/t6?,7-,9+,10+,11-/m1/s1. The van der Waals surface area contributed by atoms with Crippen LogP contribution in [0, 0.1) is 0 Å². The quantitative estimate of drug-likeness (QED) is 0.203. The average molecular weight is 555 g/mol. The molecule has 18 nitrogen and oxygen atoms in total. The van der Waals surface area contributed by atoms with Gasteiger partial charge in [-0.25, -0.2) is 27.5 Å². The van der Waals surface area contributed by atoms with Crippen LogP contribution in [0.15, 0.2) is 11.1 Å². The van der Waals surface area contributed by atoms with E-state index in [1.165, 1.54) is 0 Å². The van der Waals surface area contributed by atoms with Crippen LogP contribution in [-0.4, -0.2) is 67.4 Å². The van der Waals surface area contributed by atoms with Crippen LogP contribution in [0.25, 0.3) is 11.2 Å². The molecule has 1 aliphatic carbocycles. The lowest BCUT2D eigenvalue weighted by molar-refractivity contribution is -0.157. The molecule has 190 valence electrons. The summed E-state index contributed by atoms with van der Waals surface area (Å²) >= 11 is 0. The molecule has 2 aliphatic rings. The highest BCUT2D eigenvalue weighted by molar-refractivity contribution is 7.66. The van der Waals surface area contributed by atoms with Gasteiger partial charge in [0.1, 0.15) is 0 Å². The number of alkyl halides is 2. The van der Waals surface area contributed by atoms with Gasteiger partial charge in [-0.05, 0) is 6.92 Å². The van der Waals surface area contributed by atoms with Crippen LogP contribution in [0.4, 0.5) is 14.7 Å². The number of nitrogens with zero attached hydrogens (tertiary/aromatic N) is 3. The van der Waals surface area contributed by atoms with E-state index in [0.29, 0.717) is 11.5 Å². The van der Waals surface area contributed by atoms with E-state index in [2.05, 4.69) is 28.1 Å². The molecule has 0 bridgehead atoms. The lowest BCUT2D eigenvalue weighted by Crippen LogP contribution is -2.45. The second-order valence-corrected chi connectivity index (χ2v) is 11.7. The van der Waals surface area contributed by atoms with Gasteiger partial charge in [-0.2, -0.15) is 13.6 Å². The maximum Gasteiger partial charge on any atom is 0.490 e. The molecule has 0 radical (unpaired) electrons. The van der Waals surface area contributed by atoms with Crippen molar-refractivity contribution >= 4 is 40.6 Å². The van der Waals surface area contributed by atoms with Gasteiger partial charge in [0, 0.05) is 0 Å². The number of H-pyrrole nitrogens is 1. The molecule has 8 N–H and O–H groups in total. The van der Waals surface area contributed by atoms with E-state index in [0.717, 1.165) is 6.33 Å². The highest BCUT2D eigenvalue weighted by Gasteiger charge is 2.96. The number of nitrogens with two attached hydrogens (primary N) is 1. The summed E-state index contributed by atoms with van der Waals surface area (Å²) in [6.45, 7) is 0.599. The minimum atomic E-state index is -5.96. The highest BCUT2D eigenvalue weighted by Crippen LogP contribution is 2.75. The van der Waals surface area contributed by atoms with Crippen molar-refractivity contribution in [2.45, 2.75) is 36.4 Å². The van der Waals surface area contributed by atoms with Gasteiger partial charge in [0.15, 0.2) is 34.8 Å². The number of hydrogen-bond acceptors (Lipinski definition) is 12. The molecule has 1 saturated carbocycles. The number of aliphatic hydroxyl groups is 1. The Morgan fingerprint density at radius 1 is 1.21 bits per heavy atom. The van der Waals surface area contributed by atoms with Crippen LogP contribution >= 0.6 is 23.5 Å². The highest BCUT2D eigenvalue weighted by atomic mass is 31.3. The van der Waals surface area contributed by atoms with Crippen LogP contribution in [-0.2, 0) is 31.6 Å². The zero-order chi connectivity index (χ0) is 25.7. The molecule has 0 aromatic carbocycles. The van der Waals surface area contributed by atoms with E-state index in [1.54, 1.807) is 0 Å². The molecule has 1 saturated heterocycles. The van der Waals surface area contributed by atoms with Crippen molar-refractivity contribution < 1.29 is 65.0 Å². The van der Waals surface area contributed by atoms with Crippen molar-refractivity contribution in [3.63, 3.8) is 0 Å². The molecule has 4 rings (SSSR count). The number of phosphoric ester groups is 1. The van der Waals surface area contributed by atoms with Gasteiger partial charge in [-0.3, -0.25) is 18.9 Å². The third-order valence-corrected chi connectivity index (χ3v) is 8.81. The fourth-order valence-electron chi connectivity index (χ4n) is 3.58.